The van der Waals surface area contributed by atoms with E-state index in [0.29, 0.717) is 0 Å². The van der Waals surface area contributed by atoms with E-state index in [1.165, 1.54) is 10.1 Å². The summed E-state index contributed by atoms with van der Waals surface area (Å²) in [5, 5.41) is 4.23. The fourth-order valence-electron chi connectivity index (χ4n) is 4.20. The van der Waals surface area contributed by atoms with E-state index >= 15 is 0 Å². The highest BCUT2D eigenvalue weighted by atomic mass is 32.1. The first kappa shape index (κ1) is 23.2. The topological polar surface area (TPSA) is 93.6 Å². The molecule has 1 fully saturated rings. The Hall–Kier alpha value is -3.01. The summed E-state index contributed by atoms with van der Waals surface area (Å²) in [6, 6.07) is 11.5. The second-order valence-corrected chi connectivity index (χ2v) is 9.05. The molecular weight excluding hydrogens is 438 g/mol. The highest BCUT2D eigenvalue weighted by Crippen LogP contribution is 2.14. The van der Waals surface area contributed by atoms with Crippen LogP contribution in [0.5, 0.6) is 0 Å². The molecule has 0 amide bonds. The van der Waals surface area contributed by atoms with Crippen LogP contribution in [0.15, 0.2) is 56.7 Å². The Morgan fingerprint density at radius 2 is 1.64 bits per heavy atom. The maximum absolute atomic E-state index is 13.2. The highest BCUT2D eigenvalue weighted by molar-refractivity contribution is 7.07. The molecule has 4 rings (SSSR count). The van der Waals surface area contributed by atoms with Crippen molar-refractivity contribution in [2.45, 2.75) is 26.6 Å². The van der Waals surface area contributed by atoms with Crippen LogP contribution in [0.3, 0.4) is 0 Å². The molecule has 3 aromatic rings. The minimum atomic E-state index is -0.606. The molecule has 0 bridgehead atoms. The van der Waals surface area contributed by atoms with Gasteiger partial charge in [-0.2, -0.15) is 11.3 Å². The molecule has 3 heterocycles. The molecule has 1 aliphatic heterocycles. The molecule has 0 radical (unpaired) electrons. The zero-order valence-corrected chi connectivity index (χ0v) is 19.6. The number of carbonyl (C=O) groups excluding carboxylic acids is 1. The molecule has 8 nitrogen and oxygen atoms in total. The number of piperazine rings is 1. The third kappa shape index (κ3) is 5.16. The number of ketones is 1. The molecule has 1 saturated heterocycles. The van der Waals surface area contributed by atoms with Crippen LogP contribution in [-0.4, -0.2) is 57.4 Å². The van der Waals surface area contributed by atoms with Crippen molar-refractivity contribution in [2.75, 3.05) is 38.5 Å². The monoisotopic (exact) mass is 467 g/mol. The molecule has 0 aliphatic carbocycles. The lowest BCUT2D eigenvalue weighted by atomic mass is 10.1. The summed E-state index contributed by atoms with van der Waals surface area (Å²) in [6.07, 6.45) is 0. The van der Waals surface area contributed by atoms with Gasteiger partial charge in [-0.25, -0.2) is 4.79 Å². The molecule has 1 aliphatic rings. The number of nitrogens with two attached hydrogens (primary N) is 1. The lowest BCUT2D eigenvalue weighted by molar-refractivity contribution is 0.0842. The zero-order valence-electron chi connectivity index (χ0n) is 18.8. The van der Waals surface area contributed by atoms with Crippen LogP contribution in [0.25, 0.3) is 0 Å². The molecule has 0 unspecified atom stereocenters. The first-order valence-electron chi connectivity index (χ1n) is 11.1. The number of aromatic nitrogens is 2. The minimum Gasteiger partial charge on any atom is -0.384 e. The van der Waals surface area contributed by atoms with E-state index < -0.39 is 11.2 Å². The van der Waals surface area contributed by atoms with Crippen molar-refractivity contribution >= 4 is 22.9 Å². The van der Waals surface area contributed by atoms with Gasteiger partial charge in [0.2, 0.25) is 0 Å². The van der Waals surface area contributed by atoms with Gasteiger partial charge in [0, 0.05) is 39.3 Å². The van der Waals surface area contributed by atoms with Crippen molar-refractivity contribution in [3.63, 3.8) is 0 Å². The smallest absolute Gasteiger partial charge is 0.332 e. The van der Waals surface area contributed by atoms with Gasteiger partial charge in [-0.3, -0.25) is 28.5 Å². The number of carbonyl (C=O) groups is 1. The maximum atomic E-state index is 13.2. The zero-order chi connectivity index (χ0) is 23.4. The van der Waals surface area contributed by atoms with Gasteiger partial charge in [0.25, 0.3) is 5.56 Å². The number of Topliss-reactive ketones (excluding diaryl/α,β-unsaturated/α-hetero) is 1. The number of rotatable bonds is 8. The van der Waals surface area contributed by atoms with E-state index in [4.69, 9.17) is 5.73 Å². The molecule has 33 heavy (non-hydrogen) atoms. The van der Waals surface area contributed by atoms with Crippen molar-refractivity contribution in [3.05, 3.63) is 84.7 Å². The van der Waals surface area contributed by atoms with Crippen LogP contribution in [0, 0.1) is 0 Å². The number of nitrogen functional groups attached to an aromatic ring is 1. The van der Waals surface area contributed by atoms with Crippen molar-refractivity contribution in [2.24, 2.45) is 0 Å². The quantitative estimate of drug-likeness (QED) is 0.507. The first-order chi connectivity index (χ1) is 16.0. The van der Waals surface area contributed by atoms with Gasteiger partial charge in [-0.05, 0) is 34.9 Å². The minimum absolute atomic E-state index is 0.0559. The Balaban J connectivity index is 1.52. The Morgan fingerprint density at radius 1 is 0.939 bits per heavy atom. The lowest BCUT2D eigenvalue weighted by Crippen LogP contribution is -2.49. The van der Waals surface area contributed by atoms with Gasteiger partial charge < -0.3 is 5.73 Å². The van der Waals surface area contributed by atoms with Gasteiger partial charge in [0.1, 0.15) is 11.4 Å². The SMILES string of the molecule is CCn1c(=O)c(C(=O)CN2CCN(Cc3ccsc3)CC2)c(N)n(Cc2ccccc2)c1=O. The van der Waals surface area contributed by atoms with Gasteiger partial charge in [0.05, 0.1) is 13.1 Å². The van der Waals surface area contributed by atoms with Crippen LogP contribution in [0.2, 0.25) is 0 Å². The van der Waals surface area contributed by atoms with E-state index in [1.807, 2.05) is 35.2 Å². The fourth-order valence-corrected chi connectivity index (χ4v) is 4.86. The van der Waals surface area contributed by atoms with E-state index in [2.05, 4.69) is 21.7 Å². The third-order valence-corrected chi connectivity index (χ3v) is 6.80. The highest BCUT2D eigenvalue weighted by Gasteiger charge is 2.26. The van der Waals surface area contributed by atoms with Crippen LogP contribution in [0.4, 0.5) is 5.82 Å². The molecule has 2 aromatic heterocycles. The van der Waals surface area contributed by atoms with E-state index in [-0.39, 0.29) is 36.8 Å². The van der Waals surface area contributed by atoms with Crippen molar-refractivity contribution in [1.29, 1.82) is 0 Å². The predicted octanol–water partition coefficient (Wildman–Crippen LogP) is 1.72. The first-order valence-corrected chi connectivity index (χ1v) is 12.1. The predicted molar refractivity (Wildman–Crippen MR) is 131 cm³/mol. The molecule has 2 N–H and O–H groups in total. The molecule has 0 atom stereocenters. The third-order valence-electron chi connectivity index (χ3n) is 6.06. The summed E-state index contributed by atoms with van der Waals surface area (Å²) in [4.78, 5) is 43.5. The van der Waals surface area contributed by atoms with Crippen LogP contribution in [-0.2, 0) is 19.6 Å². The summed E-state index contributed by atoms with van der Waals surface area (Å²) in [5.74, 6) is -0.396. The van der Waals surface area contributed by atoms with E-state index in [1.54, 1.807) is 18.3 Å². The molecule has 0 saturated carbocycles. The van der Waals surface area contributed by atoms with E-state index in [0.717, 1.165) is 42.9 Å². The van der Waals surface area contributed by atoms with Crippen molar-refractivity contribution in [3.8, 4) is 0 Å². The Kier molecular flexibility index (Phi) is 7.22. The molecule has 1 aromatic carbocycles. The van der Waals surface area contributed by atoms with Crippen LogP contribution < -0.4 is 17.0 Å². The number of nitrogens with zero attached hydrogens (tertiary/aromatic N) is 4. The molecule has 174 valence electrons. The maximum Gasteiger partial charge on any atom is 0.332 e. The number of benzene rings is 1. The number of thiophene rings is 1. The second kappa shape index (κ2) is 10.3. The summed E-state index contributed by atoms with van der Waals surface area (Å²) in [5.41, 5.74) is 7.24. The summed E-state index contributed by atoms with van der Waals surface area (Å²) >= 11 is 1.69. The number of anilines is 1. The average molecular weight is 468 g/mol. The number of hydrogen-bond acceptors (Lipinski definition) is 7. The summed E-state index contributed by atoms with van der Waals surface area (Å²) in [7, 11) is 0. The standard InChI is InChI=1S/C24H29N5O3S/c1-2-28-23(31)21(22(25)29(24(28)32)15-18-6-4-3-5-7-18)20(30)16-27-11-9-26(10-12-27)14-19-8-13-33-17-19/h3-8,13,17H,2,9-12,14-16,25H2,1H3. The van der Waals surface area contributed by atoms with Crippen LogP contribution in [0.1, 0.15) is 28.4 Å². The van der Waals surface area contributed by atoms with Gasteiger partial charge in [0.15, 0.2) is 5.78 Å². The van der Waals surface area contributed by atoms with E-state index in [9.17, 15) is 14.4 Å². The molecular formula is C24H29N5O3S. The largest absolute Gasteiger partial charge is 0.384 e. The molecule has 0 spiro atoms. The van der Waals surface area contributed by atoms with Gasteiger partial charge in [-0.1, -0.05) is 30.3 Å². The average Bonchev–Trinajstić information content (AvgIpc) is 3.32. The summed E-state index contributed by atoms with van der Waals surface area (Å²) in [6.45, 7) is 6.29. The number of hydrogen-bond donors (Lipinski definition) is 1. The second-order valence-electron chi connectivity index (χ2n) is 8.27. The lowest BCUT2D eigenvalue weighted by Gasteiger charge is -2.34. The Morgan fingerprint density at radius 3 is 2.27 bits per heavy atom. The Labute approximate surface area is 196 Å². The fraction of sp³-hybridized carbons (Fsp3) is 0.375. The summed E-state index contributed by atoms with van der Waals surface area (Å²) < 4.78 is 2.41. The van der Waals surface area contributed by atoms with Crippen molar-refractivity contribution < 1.29 is 4.79 Å². The van der Waals surface area contributed by atoms with Gasteiger partial charge >= 0.3 is 5.69 Å². The van der Waals surface area contributed by atoms with Gasteiger partial charge in [-0.15, -0.1) is 0 Å². The Bertz CT molecular complexity index is 1210. The van der Waals surface area contributed by atoms with Crippen molar-refractivity contribution in [1.82, 2.24) is 18.9 Å². The normalized spacial score (nSPS) is 15.1. The van der Waals surface area contributed by atoms with Crippen LogP contribution >= 0.6 is 11.3 Å². The molecule has 9 heteroatoms.